The van der Waals surface area contributed by atoms with Crippen LogP contribution in [0.15, 0.2) is 0 Å². The van der Waals surface area contributed by atoms with Gasteiger partial charge in [-0.05, 0) is 34.0 Å². The second-order valence-electron chi connectivity index (χ2n) is 3.59. The lowest BCUT2D eigenvalue weighted by molar-refractivity contribution is 0.352. The van der Waals surface area contributed by atoms with Gasteiger partial charge in [0.15, 0.2) is 0 Å². The maximum Gasteiger partial charge on any atom is 0.101 e. The minimum atomic E-state index is 0. The fourth-order valence-corrected chi connectivity index (χ4v) is 1.29. The lowest BCUT2D eigenvalue weighted by atomic mass is 10.3. The van der Waals surface area contributed by atoms with Crippen LogP contribution in [0.1, 0.15) is 19.8 Å². The van der Waals surface area contributed by atoms with Crippen LogP contribution >= 0.6 is 12.4 Å². The summed E-state index contributed by atoms with van der Waals surface area (Å²) >= 11 is 0. The third-order valence-corrected chi connectivity index (χ3v) is 2.09. The Morgan fingerprint density at radius 1 is 1.27 bits per heavy atom. The van der Waals surface area contributed by atoms with Crippen molar-refractivity contribution < 1.29 is 0 Å². The Bertz CT molecular complexity index is 182. The van der Waals surface area contributed by atoms with Crippen molar-refractivity contribution in [2.75, 3.05) is 33.7 Å². The number of amidine groups is 1. The van der Waals surface area contributed by atoms with E-state index in [-0.39, 0.29) is 12.4 Å². The minimum absolute atomic E-state index is 0. The summed E-state index contributed by atoms with van der Waals surface area (Å²) in [6, 6.07) is 0. The quantitative estimate of drug-likeness (QED) is 0.521. The Hall–Kier alpha value is -0.610. The maximum absolute atomic E-state index is 7.69. The van der Waals surface area contributed by atoms with Gasteiger partial charge < -0.3 is 15.2 Å². The van der Waals surface area contributed by atoms with Crippen LogP contribution in [0.2, 0.25) is 0 Å². The highest BCUT2D eigenvalue weighted by atomic mass is 35.5. The summed E-state index contributed by atoms with van der Waals surface area (Å²) in [5, 5.41) is 14.6. The molecule has 0 aliphatic heterocycles. The Labute approximate surface area is 99.1 Å². The van der Waals surface area contributed by atoms with Crippen LogP contribution in [0.3, 0.4) is 0 Å². The van der Waals surface area contributed by atoms with Crippen molar-refractivity contribution in [3.05, 3.63) is 0 Å². The van der Waals surface area contributed by atoms with Crippen molar-refractivity contribution in [1.29, 1.82) is 10.8 Å². The molecule has 0 rings (SSSR count). The molecule has 0 aromatic heterocycles. The summed E-state index contributed by atoms with van der Waals surface area (Å²) in [4.78, 5) is 4.17. The fourth-order valence-electron chi connectivity index (χ4n) is 1.29. The standard InChI is InChI=1S/C10H22N4.ClH/c1-4-14(10(12)6-7-11)9-5-8-13(2)3;/h7,11-12H,4-6,8-9H2,1-3H3;1H. The molecule has 0 heterocycles. The van der Waals surface area contributed by atoms with Crippen molar-refractivity contribution in [2.24, 2.45) is 0 Å². The van der Waals surface area contributed by atoms with E-state index in [0.717, 1.165) is 26.1 Å². The minimum Gasteiger partial charge on any atom is -0.360 e. The molecule has 0 radical (unpaired) electrons. The van der Waals surface area contributed by atoms with Gasteiger partial charge in [-0.25, -0.2) is 0 Å². The van der Waals surface area contributed by atoms with Crippen LogP contribution in [0.4, 0.5) is 0 Å². The molecule has 0 saturated heterocycles. The third-order valence-electron chi connectivity index (χ3n) is 2.09. The van der Waals surface area contributed by atoms with E-state index < -0.39 is 0 Å². The summed E-state index contributed by atoms with van der Waals surface area (Å²) in [5.74, 6) is 0.557. The van der Waals surface area contributed by atoms with Gasteiger partial charge in [-0.2, -0.15) is 0 Å². The SMILES string of the molecule is CCN(CCCN(C)C)C(=N)CC=N.Cl. The highest BCUT2D eigenvalue weighted by Crippen LogP contribution is 1.96. The van der Waals surface area contributed by atoms with Gasteiger partial charge in [0.25, 0.3) is 0 Å². The molecular weight excluding hydrogens is 212 g/mol. The molecule has 0 aromatic carbocycles. The van der Waals surface area contributed by atoms with Gasteiger partial charge in [-0.3, -0.25) is 5.41 Å². The van der Waals surface area contributed by atoms with Gasteiger partial charge in [0, 0.05) is 25.7 Å². The van der Waals surface area contributed by atoms with Crippen LogP contribution in [-0.2, 0) is 0 Å². The van der Waals surface area contributed by atoms with Crippen molar-refractivity contribution in [3.63, 3.8) is 0 Å². The molecule has 4 nitrogen and oxygen atoms in total. The molecule has 0 atom stereocenters. The fraction of sp³-hybridized carbons (Fsp3) is 0.800. The molecule has 0 unspecified atom stereocenters. The van der Waals surface area contributed by atoms with E-state index in [2.05, 4.69) is 19.0 Å². The van der Waals surface area contributed by atoms with E-state index in [1.54, 1.807) is 0 Å². The van der Waals surface area contributed by atoms with Gasteiger partial charge in [0.05, 0.1) is 0 Å². The monoisotopic (exact) mass is 234 g/mol. The average Bonchev–Trinajstić information content (AvgIpc) is 2.12. The van der Waals surface area contributed by atoms with E-state index >= 15 is 0 Å². The molecule has 0 spiro atoms. The van der Waals surface area contributed by atoms with Gasteiger partial charge in [-0.1, -0.05) is 0 Å². The van der Waals surface area contributed by atoms with E-state index in [9.17, 15) is 0 Å². The zero-order valence-corrected chi connectivity index (χ0v) is 10.7. The van der Waals surface area contributed by atoms with Crippen LogP contribution in [-0.4, -0.2) is 55.6 Å². The van der Waals surface area contributed by atoms with Crippen LogP contribution < -0.4 is 0 Å². The van der Waals surface area contributed by atoms with E-state index in [0.29, 0.717) is 12.3 Å². The smallest absolute Gasteiger partial charge is 0.101 e. The first-order valence-corrected chi connectivity index (χ1v) is 5.07. The van der Waals surface area contributed by atoms with Crippen LogP contribution in [0, 0.1) is 10.8 Å². The number of nitrogens with one attached hydrogen (secondary N) is 2. The normalized spacial score (nSPS) is 9.60. The van der Waals surface area contributed by atoms with Crippen molar-refractivity contribution in [3.8, 4) is 0 Å². The Morgan fingerprint density at radius 3 is 2.27 bits per heavy atom. The summed E-state index contributed by atoms with van der Waals surface area (Å²) in [6.45, 7) is 4.88. The molecule has 0 aromatic rings. The largest absolute Gasteiger partial charge is 0.360 e. The molecule has 15 heavy (non-hydrogen) atoms. The van der Waals surface area contributed by atoms with Crippen molar-refractivity contribution in [1.82, 2.24) is 9.80 Å². The number of nitrogens with zero attached hydrogens (tertiary/aromatic N) is 2. The van der Waals surface area contributed by atoms with Gasteiger partial charge in [-0.15, -0.1) is 12.4 Å². The summed E-state index contributed by atoms with van der Waals surface area (Å²) in [6.07, 6.45) is 2.81. The molecule has 0 fully saturated rings. The summed E-state index contributed by atoms with van der Waals surface area (Å²) in [5.41, 5.74) is 0. The average molecular weight is 235 g/mol. The second kappa shape index (κ2) is 9.93. The van der Waals surface area contributed by atoms with Crippen LogP contribution in [0.25, 0.3) is 0 Å². The molecular formula is C10H23ClN4. The molecule has 2 N–H and O–H groups in total. The number of hydrogen-bond donors (Lipinski definition) is 2. The first-order chi connectivity index (χ1) is 6.61. The Morgan fingerprint density at radius 2 is 1.87 bits per heavy atom. The molecule has 0 aliphatic rings. The van der Waals surface area contributed by atoms with E-state index in [1.807, 2.05) is 11.8 Å². The zero-order chi connectivity index (χ0) is 11.0. The number of rotatable bonds is 7. The lowest BCUT2D eigenvalue weighted by Gasteiger charge is -2.23. The Kier molecular flexibility index (Phi) is 11.1. The number of halogens is 1. The van der Waals surface area contributed by atoms with E-state index in [4.69, 9.17) is 10.8 Å². The van der Waals surface area contributed by atoms with Gasteiger partial charge in [0.2, 0.25) is 0 Å². The molecule has 0 amide bonds. The molecule has 90 valence electrons. The zero-order valence-electron chi connectivity index (χ0n) is 9.92. The van der Waals surface area contributed by atoms with Crippen molar-refractivity contribution in [2.45, 2.75) is 19.8 Å². The third kappa shape index (κ3) is 8.39. The highest BCUT2D eigenvalue weighted by Gasteiger charge is 2.05. The summed E-state index contributed by atoms with van der Waals surface area (Å²) < 4.78 is 0. The van der Waals surface area contributed by atoms with Crippen LogP contribution in [0.5, 0.6) is 0 Å². The highest BCUT2D eigenvalue weighted by molar-refractivity contribution is 5.90. The predicted octanol–water partition coefficient (Wildman–Crippen LogP) is 1.70. The van der Waals surface area contributed by atoms with Gasteiger partial charge >= 0.3 is 0 Å². The Balaban J connectivity index is 0. The topological polar surface area (TPSA) is 54.2 Å². The van der Waals surface area contributed by atoms with Crippen molar-refractivity contribution >= 4 is 24.5 Å². The van der Waals surface area contributed by atoms with E-state index in [1.165, 1.54) is 6.21 Å². The second-order valence-corrected chi connectivity index (χ2v) is 3.59. The molecule has 0 bridgehead atoms. The first kappa shape index (κ1) is 16.8. The van der Waals surface area contributed by atoms with Gasteiger partial charge in [0.1, 0.15) is 5.84 Å². The molecule has 5 heteroatoms. The lowest BCUT2D eigenvalue weighted by Crippen LogP contribution is -2.32. The predicted molar refractivity (Wildman–Crippen MR) is 68.8 cm³/mol. The first-order valence-electron chi connectivity index (χ1n) is 5.07. The maximum atomic E-state index is 7.69. The number of hydrogen-bond acceptors (Lipinski definition) is 3. The molecule has 0 aliphatic carbocycles. The summed E-state index contributed by atoms with van der Waals surface area (Å²) in [7, 11) is 4.11. The molecule has 0 saturated carbocycles.